The van der Waals surface area contributed by atoms with Crippen molar-refractivity contribution < 1.29 is 19.0 Å². The number of halogens is 2. The summed E-state index contributed by atoms with van der Waals surface area (Å²) in [5, 5.41) is 0. The molecule has 0 bridgehead atoms. The molecule has 0 spiro atoms. The third-order valence-electron chi connectivity index (χ3n) is 0.540. The molecule has 0 aromatic rings. The van der Waals surface area contributed by atoms with E-state index in [-0.39, 0.29) is 6.09 Å². The van der Waals surface area contributed by atoms with Crippen LogP contribution < -0.4 is 0 Å². The van der Waals surface area contributed by atoms with Gasteiger partial charge in [0.1, 0.15) is 0 Å². The molecule has 61 valence electrons. The molecule has 6 heteroatoms. The second-order valence-corrected chi connectivity index (χ2v) is 13.2. The molecule has 0 fully saturated rings. The standard InChI is InChI=1S/C4H9NO2.2HI.V/c1-5(2)4(6)7-3;;;/h1-3H3;2*1H;/q;;;+2/p-2. The van der Waals surface area contributed by atoms with Crippen molar-refractivity contribution in [2.75, 3.05) is 21.2 Å². The van der Waals surface area contributed by atoms with Crippen LogP contribution in [-0.4, -0.2) is 32.2 Å². The van der Waals surface area contributed by atoms with Crippen LogP contribution in [0, 0.1) is 0 Å². The van der Waals surface area contributed by atoms with Crippen LogP contribution in [0.25, 0.3) is 0 Å². The molecule has 0 aliphatic carbocycles. The molecule has 3 nitrogen and oxygen atoms in total. The summed E-state index contributed by atoms with van der Waals surface area (Å²) in [5.41, 5.74) is 0. The van der Waals surface area contributed by atoms with E-state index in [2.05, 4.69) is 44.7 Å². The van der Waals surface area contributed by atoms with Gasteiger partial charge in [0.05, 0.1) is 7.11 Å². The second-order valence-electron chi connectivity index (χ2n) is 1.43. The van der Waals surface area contributed by atoms with Crippen LogP contribution in [0.4, 0.5) is 4.79 Å². The summed E-state index contributed by atoms with van der Waals surface area (Å²) in [6.45, 7) is 0. The maximum atomic E-state index is 10.2. The van der Waals surface area contributed by atoms with Gasteiger partial charge in [-0.2, -0.15) is 0 Å². The molecule has 0 aromatic carbocycles. The van der Waals surface area contributed by atoms with Crippen LogP contribution >= 0.6 is 40.0 Å². The first-order chi connectivity index (χ1) is 4.59. The van der Waals surface area contributed by atoms with Gasteiger partial charge in [0.15, 0.2) is 0 Å². The van der Waals surface area contributed by atoms with Gasteiger partial charge >= 0.3 is 55.5 Å². The van der Waals surface area contributed by atoms with Gasteiger partial charge in [-0.05, 0) is 0 Å². The van der Waals surface area contributed by atoms with E-state index in [4.69, 9.17) is 0 Å². The molecular weight excluding hydrogens is 399 g/mol. The van der Waals surface area contributed by atoms with E-state index in [0.29, 0.717) is 9.47 Å². The zero-order valence-electron chi connectivity index (χ0n) is 5.97. The Labute approximate surface area is 90.1 Å². The first kappa shape index (κ1) is 13.9. The monoisotopic (exact) mass is 408 g/mol. The molecule has 0 aromatic heterocycles. The summed E-state index contributed by atoms with van der Waals surface area (Å²) in [7, 11) is 5.24. The zero-order valence-corrected chi connectivity index (χ0v) is 11.7. The fourth-order valence-corrected chi connectivity index (χ4v) is 0.183. The number of hydrogen-bond donors (Lipinski definition) is 0. The van der Waals surface area contributed by atoms with Crippen LogP contribution in [0.3, 0.4) is 0 Å². The number of amides is 1. The van der Waals surface area contributed by atoms with Crippen molar-refractivity contribution in [3.05, 3.63) is 0 Å². The number of carbonyl (C=O) groups excluding carboxylic acids is 1. The van der Waals surface area contributed by atoms with Gasteiger partial charge in [0, 0.05) is 14.1 Å². The molecular formula is C4H9I2NO2V. The summed E-state index contributed by atoms with van der Waals surface area (Å²) in [4.78, 5) is 11.6. The van der Waals surface area contributed by atoms with Gasteiger partial charge in [-0.15, -0.1) is 0 Å². The van der Waals surface area contributed by atoms with Crippen LogP contribution in [0.5, 0.6) is 0 Å². The predicted molar refractivity (Wildman–Crippen MR) is 54.1 cm³/mol. The average Bonchev–Trinajstić information content (AvgIpc) is 1.88. The average molecular weight is 408 g/mol. The Hall–Kier alpha value is 1.31. The van der Waals surface area contributed by atoms with Crippen LogP contribution in [0.1, 0.15) is 0 Å². The van der Waals surface area contributed by atoms with E-state index in [0.717, 1.165) is 0 Å². The molecule has 0 unspecified atom stereocenters. The first-order valence-electron chi connectivity index (χ1n) is 2.27. The number of rotatable bonds is 0. The van der Waals surface area contributed by atoms with Crippen molar-refractivity contribution in [3.8, 4) is 0 Å². The fourth-order valence-electron chi connectivity index (χ4n) is 0.183. The number of carbonyl (C=O) groups is 1. The van der Waals surface area contributed by atoms with Crippen LogP contribution in [-0.2, 0) is 14.2 Å². The first-order valence-corrected chi connectivity index (χ1v) is 11.3. The Morgan fingerprint density at radius 2 is 1.80 bits per heavy atom. The molecule has 0 aliphatic heterocycles. The van der Waals surface area contributed by atoms with Crippen molar-refractivity contribution in [1.29, 1.82) is 0 Å². The van der Waals surface area contributed by atoms with E-state index in [9.17, 15) is 4.79 Å². The van der Waals surface area contributed by atoms with Gasteiger partial charge < -0.3 is 9.64 Å². The molecule has 0 saturated heterocycles. The normalized spacial score (nSPS) is 6.90. The summed E-state index contributed by atoms with van der Waals surface area (Å²) in [6, 6.07) is 0. The van der Waals surface area contributed by atoms with Gasteiger partial charge in [0.2, 0.25) is 0 Å². The third kappa shape index (κ3) is 12.0. The van der Waals surface area contributed by atoms with E-state index < -0.39 is 0 Å². The van der Waals surface area contributed by atoms with Crippen LogP contribution in [0.15, 0.2) is 0 Å². The van der Waals surface area contributed by atoms with Gasteiger partial charge in [-0.1, -0.05) is 0 Å². The Kier molecular flexibility index (Phi) is 14.3. The van der Waals surface area contributed by atoms with Crippen LogP contribution in [0.2, 0.25) is 0 Å². The second kappa shape index (κ2) is 10.3. The van der Waals surface area contributed by atoms with E-state index in [1.807, 2.05) is 0 Å². The fraction of sp³-hybridized carbons (Fsp3) is 0.750. The Bertz CT molecular complexity index is 91.3. The summed E-state index contributed by atoms with van der Waals surface area (Å²) in [5.74, 6) is 0. The van der Waals surface area contributed by atoms with Crippen molar-refractivity contribution in [3.63, 3.8) is 0 Å². The molecule has 0 heterocycles. The van der Waals surface area contributed by atoms with Gasteiger partial charge in [-0.3, -0.25) is 0 Å². The van der Waals surface area contributed by atoms with Gasteiger partial charge in [0.25, 0.3) is 0 Å². The molecule has 0 rings (SSSR count). The Morgan fingerprint density at radius 1 is 1.50 bits per heavy atom. The predicted octanol–water partition coefficient (Wildman–Crippen LogP) is 2.08. The molecule has 0 saturated carbocycles. The summed E-state index contributed by atoms with van der Waals surface area (Å²) in [6.07, 6.45) is -0.319. The molecule has 10 heavy (non-hydrogen) atoms. The maximum absolute atomic E-state index is 10.2. The van der Waals surface area contributed by atoms with E-state index in [1.165, 1.54) is 12.0 Å². The number of ether oxygens (including phenoxy) is 1. The molecule has 1 amide bonds. The van der Waals surface area contributed by atoms with Crippen molar-refractivity contribution in [2.24, 2.45) is 0 Å². The Morgan fingerprint density at radius 3 is 1.80 bits per heavy atom. The molecule has 0 radical (unpaired) electrons. The number of nitrogens with zero attached hydrogens (tertiary/aromatic N) is 1. The SMILES string of the molecule is COC(=O)N(C)C.[I][V][I]. The van der Waals surface area contributed by atoms with Crippen molar-refractivity contribution >= 4 is 46.1 Å². The number of methoxy groups -OCH3 is 1. The third-order valence-corrected chi connectivity index (χ3v) is 0.540. The number of hydrogen-bond acceptors (Lipinski definition) is 2. The van der Waals surface area contributed by atoms with E-state index >= 15 is 0 Å². The van der Waals surface area contributed by atoms with Crippen molar-refractivity contribution in [2.45, 2.75) is 0 Å². The zero-order chi connectivity index (χ0) is 8.57. The van der Waals surface area contributed by atoms with E-state index in [1.54, 1.807) is 14.1 Å². The summed E-state index contributed by atoms with van der Waals surface area (Å²) < 4.78 is 4.30. The van der Waals surface area contributed by atoms with Crippen molar-refractivity contribution in [1.82, 2.24) is 4.90 Å². The molecule has 0 N–H and O–H groups in total. The minimum atomic E-state index is -0.319. The molecule has 0 atom stereocenters. The quantitative estimate of drug-likeness (QED) is 0.575. The minimum absolute atomic E-state index is 0.319. The van der Waals surface area contributed by atoms with Gasteiger partial charge in [-0.25, -0.2) is 4.79 Å². The topological polar surface area (TPSA) is 29.5 Å². The molecule has 0 aliphatic rings. The summed E-state index contributed by atoms with van der Waals surface area (Å²) >= 11 is 4.74. The Balaban J connectivity index is 0.